The highest BCUT2D eigenvalue weighted by molar-refractivity contribution is 6.34. The van der Waals surface area contributed by atoms with Crippen LogP contribution in [0.25, 0.3) is 0 Å². The number of hydrogen-bond acceptors (Lipinski definition) is 0. The highest BCUT2D eigenvalue weighted by Gasteiger charge is 2.35. The molecular formula is C20H16Cl2. The van der Waals surface area contributed by atoms with Gasteiger partial charge in [-0.15, -0.1) is 11.6 Å². The largest absolute Gasteiger partial charge is 0.121 e. The van der Waals surface area contributed by atoms with Gasteiger partial charge in [0.2, 0.25) is 0 Å². The van der Waals surface area contributed by atoms with Gasteiger partial charge in [-0.2, -0.15) is 0 Å². The third-order valence-corrected chi connectivity index (χ3v) is 4.84. The third kappa shape index (κ3) is 2.65. The number of benzene rings is 3. The molecule has 0 saturated carbocycles. The molecular weight excluding hydrogens is 311 g/mol. The molecule has 0 aromatic heterocycles. The summed E-state index contributed by atoms with van der Waals surface area (Å²) in [5, 5.41) is 0.668. The van der Waals surface area contributed by atoms with Crippen molar-refractivity contribution < 1.29 is 0 Å². The van der Waals surface area contributed by atoms with Crippen LogP contribution in [0.5, 0.6) is 0 Å². The molecule has 0 aliphatic rings. The van der Waals surface area contributed by atoms with Gasteiger partial charge in [-0.3, -0.25) is 0 Å². The summed E-state index contributed by atoms with van der Waals surface area (Å²) < 4.78 is 0. The molecule has 3 aromatic rings. The highest BCUT2D eigenvalue weighted by Crippen LogP contribution is 2.45. The van der Waals surface area contributed by atoms with Crippen molar-refractivity contribution in [2.45, 2.75) is 11.8 Å². The van der Waals surface area contributed by atoms with Gasteiger partial charge in [0.05, 0.1) is 0 Å². The molecule has 0 nitrogen and oxygen atoms in total. The second-order valence-electron chi connectivity index (χ2n) is 5.37. The summed E-state index contributed by atoms with van der Waals surface area (Å²) in [5.41, 5.74) is 4.12. The molecule has 0 saturated heterocycles. The molecule has 0 fully saturated rings. The Balaban J connectivity index is 2.27. The second-order valence-corrected chi connectivity index (χ2v) is 6.34. The standard InChI is InChI=1S/C20H16Cl2/c1-15-11-13-17(14-12-15)20(22,16-7-3-2-4-8-16)18-9-5-6-10-19(18)21/h2-14H,1H3/t20-/m1/s1. The van der Waals surface area contributed by atoms with Gasteiger partial charge in [-0.1, -0.05) is 90.0 Å². The van der Waals surface area contributed by atoms with Crippen LogP contribution in [0.3, 0.4) is 0 Å². The van der Waals surface area contributed by atoms with Crippen LogP contribution in [0.4, 0.5) is 0 Å². The minimum absolute atomic E-state index is 0.668. The zero-order chi connectivity index (χ0) is 15.6. The first-order valence-corrected chi connectivity index (χ1v) is 7.94. The van der Waals surface area contributed by atoms with E-state index < -0.39 is 4.87 Å². The molecule has 0 unspecified atom stereocenters. The first kappa shape index (κ1) is 15.1. The quantitative estimate of drug-likeness (QED) is 0.398. The Morgan fingerprint density at radius 2 is 1.23 bits per heavy atom. The Kier molecular flexibility index (Phi) is 4.24. The number of alkyl halides is 1. The molecule has 0 aliphatic carbocycles. The zero-order valence-corrected chi connectivity index (χ0v) is 13.8. The Hall–Kier alpha value is -1.76. The molecule has 0 radical (unpaired) electrons. The molecule has 0 aliphatic heterocycles. The lowest BCUT2D eigenvalue weighted by atomic mass is 9.84. The Morgan fingerprint density at radius 1 is 0.682 bits per heavy atom. The van der Waals surface area contributed by atoms with Gasteiger partial charge in [0.1, 0.15) is 4.87 Å². The second kappa shape index (κ2) is 6.16. The lowest BCUT2D eigenvalue weighted by Gasteiger charge is -2.30. The molecule has 0 heterocycles. The number of hydrogen-bond donors (Lipinski definition) is 0. The lowest BCUT2D eigenvalue weighted by Crippen LogP contribution is -2.22. The number of aryl methyl sites for hydroxylation is 1. The van der Waals surface area contributed by atoms with E-state index in [9.17, 15) is 0 Å². The maximum Gasteiger partial charge on any atom is 0.121 e. The Morgan fingerprint density at radius 3 is 1.86 bits per heavy atom. The highest BCUT2D eigenvalue weighted by atomic mass is 35.5. The number of halogens is 2. The summed E-state index contributed by atoms with van der Waals surface area (Å²) in [6, 6.07) is 26.1. The van der Waals surface area contributed by atoms with Gasteiger partial charge in [-0.25, -0.2) is 0 Å². The van der Waals surface area contributed by atoms with Gasteiger partial charge in [0.25, 0.3) is 0 Å². The van der Waals surface area contributed by atoms with Gasteiger partial charge >= 0.3 is 0 Å². The van der Waals surface area contributed by atoms with Crippen molar-refractivity contribution in [2.75, 3.05) is 0 Å². The Labute approximate surface area is 141 Å². The van der Waals surface area contributed by atoms with Gasteiger partial charge in [0, 0.05) is 10.6 Å². The van der Waals surface area contributed by atoms with Gasteiger partial charge in [0.15, 0.2) is 0 Å². The fourth-order valence-electron chi connectivity index (χ4n) is 2.67. The Bertz CT molecular complexity index is 763. The normalized spacial score (nSPS) is 13.6. The van der Waals surface area contributed by atoms with Crippen LogP contribution in [0.1, 0.15) is 22.3 Å². The fraction of sp³-hybridized carbons (Fsp3) is 0.100. The van der Waals surface area contributed by atoms with Crippen molar-refractivity contribution in [1.29, 1.82) is 0 Å². The van der Waals surface area contributed by atoms with Gasteiger partial charge in [-0.05, 0) is 24.1 Å². The van der Waals surface area contributed by atoms with Crippen molar-refractivity contribution in [3.05, 3.63) is 106 Å². The van der Waals surface area contributed by atoms with Gasteiger partial charge < -0.3 is 0 Å². The molecule has 0 spiro atoms. The molecule has 3 rings (SSSR count). The topological polar surface area (TPSA) is 0 Å². The molecule has 0 bridgehead atoms. The third-order valence-electron chi connectivity index (χ3n) is 3.87. The van der Waals surface area contributed by atoms with E-state index in [1.165, 1.54) is 5.56 Å². The smallest absolute Gasteiger partial charge is 0.103 e. The average Bonchev–Trinajstić information content (AvgIpc) is 2.56. The van der Waals surface area contributed by atoms with Crippen LogP contribution in [-0.4, -0.2) is 0 Å². The monoisotopic (exact) mass is 326 g/mol. The number of rotatable bonds is 3. The summed E-state index contributed by atoms with van der Waals surface area (Å²) >= 11 is 13.6. The minimum Gasteiger partial charge on any atom is -0.103 e. The van der Waals surface area contributed by atoms with E-state index in [1.807, 2.05) is 54.6 Å². The van der Waals surface area contributed by atoms with Crippen LogP contribution in [-0.2, 0) is 4.87 Å². The minimum atomic E-state index is -0.798. The predicted molar refractivity (Wildman–Crippen MR) is 94.8 cm³/mol. The van der Waals surface area contributed by atoms with Crippen molar-refractivity contribution in [1.82, 2.24) is 0 Å². The van der Waals surface area contributed by atoms with Crippen molar-refractivity contribution in [2.24, 2.45) is 0 Å². The van der Waals surface area contributed by atoms with Crippen molar-refractivity contribution in [3.8, 4) is 0 Å². The summed E-state index contributed by atoms with van der Waals surface area (Å²) in [6.07, 6.45) is 0. The van der Waals surface area contributed by atoms with Crippen LogP contribution in [0.15, 0.2) is 78.9 Å². The summed E-state index contributed by atoms with van der Waals surface area (Å²) in [5.74, 6) is 0. The predicted octanol–water partition coefficient (Wildman–Crippen LogP) is 6.18. The molecule has 22 heavy (non-hydrogen) atoms. The van der Waals surface area contributed by atoms with E-state index in [2.05, 4.69) is 31.2 Å². The van der Waals surface area contributed by atoms with Crippen molar-refractivity contribution >= 4 is 23.2 Å². The maximum atomic E-state index is 7.19. The summed E-state index contributed by atoms with van der Waals surface area (Å²) in [7, 11) is 0. The summed E-state index contributed by atoms with van der Waals surface area (Å²) in [6.45, 7) is 2.07. The molecule has 0 N–H and O–H groups in total. The fourth-order valence-corrected chi connectivity index (χ4v) is 3.41. The van der Waals surface area contributed by atoms with Crippen LogP contribution in [0.2, 0.25) is 5.02 Å². The van der Waals surface area contributed by atoms with E-state index in [1.54, 1.807) is 0 Å². The van der Waals surface area contributed by atoms with E-state index in [0.29, 0.717) is 5.02 Å². The van der Waals surface area contributed by atoms with E-state index in [4.69, 9.17) is 23.2 Å². The maximum absolute atomic E-state index is 7.19. The SMILES string of the molecule is Cc1ccc([C@](Cl)(c2ccccc2)c2ccccc2Cl)cc1. The van der Waals surface area contributed by atoms with Crippen LogP contribution < -0.4 is 0 Å². The van der Waals surface area contributed by atoms with E-state index in [-0.39, 0.29) is 0 Å². The molecule has 1 atom stereocenters. The molecule has 0 amide bonds. The average molecular weight is 327 g/mol. The van der Waals surface area contributed by atoms with Crippen molar-refractivity contribution in [3.63, 3.8) is 0 Å². The molecule has 2 heteroatoms. The molecule has 3 aromatic carbocycles. The lowest BCUT2D eigenvalue weighted by molar-refractivity contribution is 0.879. The van der Waals surface area contributed by atoms with Crippen LogP contribution in [0, 0.1) is 6.92 Å². The van der Waals surface area contributed by atoms with Crippen LogP contribution >= 0.6 is 23.2 Å². The molecule has 110 valence electrons. The first-order chi connectivity index (χ1) is 10.6. The van der Waals surface area contributed by atoms with E-state index in [0.717, 1.165) is 16.7 Å². The first-order valence-electron chi connectivity index (χ1n) is 7.19. The zero-order valence-electron chi connectivity index (χ0n) is 12.3. The van der Waals surface area contributed by atoms with E-state index >= 15 is 0 Å². The summed E-state index contributed by atoms with van der Waals surface area (Å²) in [4.78, 5) is -0.798.